The summed E-state index contributed by atoms with van der Waals surface area (Å²) in [6.07, 6.45) is 3.74. The number of thioether (sulfide) groups is 2. The van der Waals surface area contributed by atoms with Crippen LogP contribution in [-0.2, 0) is 9.59 Å². The maximum absolute atomic E-state index is 13.9. The van der Waals surface area contributed by atoms with Crippen LogP contribution in [0.25, 0.3) is 33.6 Å². The molecule has 2 aliphatic heterocycles. The van der Waals surface area contributed by atoms with E-state index in [0.717, 1.165) is 67.9 Å². The molecule has 2 aromatic heterocycles. The quantitative estimate of drug-likeness (QED) is 0.137. The van der Waals surface area contributed by atoms with Gasteiger partial charge in [0.1, 0.15) is 23.7 Å². The van der Waals surface area contributed by atoms with Crippen molar-refractivity contribution in [1.29, 1.82) is 0 Å². The van der Waals surface area contributed by atoms with Crippen LogP contribution in [0.15, 0.2) is 122 Å². The van der Waals surface area contributed by atoms with E-state index in [9.17, 15) is 9.59 Å². The van der Waals surface area contributed by atoms with Crippen LogP contribution >= 0.6 is 23.5 Å². The number of nitrogens with one attached hydrogen (secondary N) is 2. The van der Waals surface area contributed by atoms with E-state index in [2.05, 4.69) is 58.5 Å². The summed E-state index contributed by atoms with van der Waals surface area (Å²) >= 11 is 3.51. The van der Waals surface area contributed by atoms with Crippen molar-refractivity contribution in [3.63, 3.8) is 0 Å². The number of amides is 2. The number of aromatic amines is 2. The predicted octanol–water partition coefficient (Wildman–Crippen LogP) is 7.89. The summed E-state index contributed by atoms with van der Waals surface area (Å²) in [5.41, 5.74) is 8.10. The van der Waals surface area contributed by atoms with Crippen molar-refractivity contribution in [2.75, 3.05) is 51.4 Å². The summed E-state index contributed by atoms with van der Waals surface area (Å²) in [5.74, 6) is 4.65. The minimum Gasteiger partial charge on any atom is -0.340 e. The van der Waals surface area contributed by atoms with Gasteiger partial charge in [-0.1, -0.05) is 109 Å². The predicted molar refractivity (Wildman–Crippen MR) is 227 cm³/mol. The first-order chi connectivity index (χ1) is 27.3. The lowest BCUT2D eigenvalue weighted by Crippen LogP contribution is -2.40. The molecular weight excluding hydrogens is 737 g/mol. The molecule has 8 rings (SSSR count). The number of aromatic nitrogens is 4. The third-order valence-corrected chi connectivity index (χ3v) is 12.6. The molecule has 2 amide bonds. The number of likely N-dealkylation sites (N-methyl/N-ethyl adjacent to an activating group) is 2. The number of nitrogens with zero attached hydrogens (tertiary/aromatic N) is 6. The highest BCUT2D eigenvalue weighted by Gasteiger charge is 2.39. The van der Waals surface area contributed by atoms with Gasteiger partial charge in [0, 0.05) is 11.5 Å². The van der Waals surface area contributed by atoms with Crippen LogP contribution in [0.5, 0.6) is 0 Å². The SMILES string of the molecule is CN(C)[C@H](C(=O)N1CSC[C@H]1c1ncc(-c2ccc(-c3ccc(-c4cnc([C@@H]5CSCN5C(=O)[C@@H](c5ccccc5)N(C)C)[nH]4)cc3)cc2)[nH]1)c1ccccc1. The van der Waals surface area contributed by atoms with Crippen molar-refractivity contribution in [1.82, 2.24) is 39.5 Å². The number of carbonyl (C=O) groups is 2. The van der Waals surface area contributed by atoms with E-state index in [0.29, 0.717) is 11.8 Å². The zero-order valence-electron chi connectivity index (χ0n) is 32.0. The Morgan fingerprint density at radius 2 is 0.929 bits per heavy atom. The van der Waals surface area contributed by atoms with Crippen molar-refractivity contribution in [2.24, 2.45) is 0 Å². The van der Waals surface area contributed by atoms with Gasteiger partial charge in [-0.25, -0.2) is 9.97 Å². The molecule has 4 aromatic carbocycles. The van der Waals surface area contributed by atoms with Gasteiger partial charge < -0.3 is 19.8 Å². The number of H-pyrrole nitrogens is 2. The van der Waals surface area contributed by atoms with E-state index in [1.165, 1.54) is 0 Å². The number of rotatable bonds is 11. The summed E-state index contributed by atoms with van der Waals surface area (Å²) < 4.78 is 0. The molecule has 4 heterocycles. The summed E-state index contributed by atoms with van der Waals surface area (Å²) in [7, 11) is 7.81. The highest BCUT2D eigenvalue weighted by atomic mass is 32.2. The zero-order chi connectivity index (χ0) is 38.8. The van der Waals surface area contributed by atoms with Gasteiger partial charge in [-0.05, 0) is 61.6 Å². The Balaban J connectivity index is 0.930. The monoisotopic (exact) mass is 782 g/mol. The van der Waals surface area contributed by atoms with E-state index in [1.807, 2.05) is 121 Å². The summed E-state index contributed by atoms with van der Waals surface area (Å²) in [6.45, 7) is 0. The Labute approximate surface area is 336 Å². The van der Waals surface area contributed by atoms with Gasteiger partial charge in [-0.2, -0.15) is 0 Å². The fourth-order valence-corrected chi connectivity index (χ4v) is 10.0. The number of hydrogen-bond acceptors (Lipinski definition) is 8. The lowest BCUT2D eigenvalue weighted by molar-refractivity contribution is -0.137. The lowest BCUT2D eigenvalue weighted by atomic mass is 10.0. The summed E-state index contributed by atoms with van der Waals surface area (Å²) in [4.78, 5) is 52.3. The number of carbonyl (C=O) groups excluding carboxylic acids is 2. The molecule has 2 saturated heterocycles. The normalized spacial score (nSPS) is 18.2. The first-order valence-corrected chi connectivity index (χ1v) is 21.1. The average molecular weight is 783 g/mol. The molecule has 0 spiro atoms. The Bertz CT molecular complexity index is 2100. The standard InChI is InChI=1S/C44H46N8O2S2/c1-49(2)39(33-11-7-5-8-12-33)43(53)51-27-55-25-37(51)41-45-23-35(47-41)31-19-15-29(16-20-31)30-17-21-32(22-18-30)36-24-46-42(48-36)38-26-56-28-52(38)44(54)40(50(3)4)34-13-9-6-10-14-34/h5-24,37-40H,25-28H2,1-4H3,(H,45,47)(H,46,48)/t37-,38-,39-,40+/m0/s1. The Hall–Kier alpha value is -5.14. The maximum Gasteiger partial charge on any atom is 0.245 e. The summed E-state index contributed by atoms with van der Waals surface area (Å²) in [6, 6.07) is 35.9. The molecule has 2 aliphatic rings. The van der Waals surface area contributed by atoms with Crippen LogP contribution in [0.1, 0.15) is 46.9 Å². The minimum atomic E-state index is -0.355. The van der Waals surface area contributed by atoms with Gasteiger partial charge in [0.25, 0.3) is 0 Å². The van der Waals surface area contributed by atoms with Crippen molar-refractivity contribution < 1.29 is 9.59 Å². The van der Waals surface area contributed by atoms with Crippen molar-refractivity contribution in [2.45, 2.75) is 24.2 Å². The van der Waals surface area contributed by atoms with E-state index >= 15 is 0 Å². The molecule has 6 aromatic rings. The smallest absolute Gasteiger partial charge is 0.245 e. The number of benzene rings is 4. The molecule has 286 valence electrons. The van der Waals surface area contributed by atoms with Crippen molar-refractivity contribution in [3.05, 3.63) is 144 Å². The molecular formula is C44H46N8O2S2. The van der Waals surface area contributed by atoms with Crippen molar-refractivity contribution >= 4 is 35.3 Å². The fraction of sp³-hybridized carbons (Fsp3) is 0.273. The molecule has 56 heavy (non-hydrogen) atoms. The van der Waals surface area contributed by atoms with Gasteiger partial charge in [0.05, 0.1) is 47.6 Å². The van der Waals surface area contributed by atoms with E-state index in [1.54, 1.807) is 23.5 Å². The topological polar surface area (TPSA) is 104 Å². The molecule has 0 saturated carbocycles. The molecule has 0 unspecified atom stereocenters. The first-order valence-electron chi connectivity index (χ1n) is 18.8. The fourth-order valence-electron chi connectivity index (χ4n) is 7.67. The lowest BCUT2D eigenvalue weighted by Gasteiger charge is -2.31. The van der Waals surface area contributed by atoms with Crippen LogP contribution in [-0.4, -0.2) is 103 Å². The van der Waals surface area contributed by atoms with Crippen LogP contribution in [0.2, 0.25) is 0 Å². The van der Waals surface area contributed by atoms with Crippen LogP contribution in [0, 0.1) is 0 Å². The highest BCUT2D eigenvalue weighted by molar-refractivity contribution is 7.99. The van der Waals surface area contributed by atoms with Crippen LogP contribution in [0.4, 0.5) is 0 Å². The third kappa shape index (κ3) is 7.66. The van der Waals surface area contributed by atoms with Crippen LogP contribution < -0.4 is 0 Å². The van der Waals surface area contributed by atoms with Crippen LogP contribution in [0.3, 0.4) is 0 Å². The van der Waals surface area contributed by atoms with Gasteiger partial charge >= 0.3 is 0 Å². The van der Waals surface area contributed by atoms with E-state index in [4.69, 9.17) is 9.97 Å². The number of hydrogen-bond donors (Lipinski definition) is 2. The maximum atomic E-state index is 13.9. The average Bonchev–Trinajstić information content (AvgIpc) is 4.06. The highest BCUT2D eigenvalue weighted by Crippen LogP contribution is 2.38. The Morgan fingerprint density at radius 3 is 1.29 bits per heavy atom. The zero-order valence-corrected chi connectivity index (χ0v) is 33.6. The summed E-state index contributed by atoms with van der Waals surface area (Å²) in [5, 5.41) is 0. The van der Waals surface area contributed by atoms with E-state index < -0.39 is 0 Å². The van der Waals surface area contributed by atoms with Gasteiger partial charge in [-0.15, -0.1) is 23.5 Å². The van der Waals surface area contributed by atoms with E-state index in [-0.39, 0.29) is 36.0 Å². The van der Waals surface area contributed by atoms with Gasteiger partial charge in [0.15, 0.2) is 0 Å². The molecule has 12 heteroatoms. The molecule has 2 fully saturated rings. The second-order valence-corrected chi connectivity index (χ2v) is 16.7. The molecule has 10 nitrogen and oxygen atoms in total. The van der Waals surface area contributed by atoms with Gasteiger partial charge in [-0.3, -0.25) is 19.4 Å². The largest absolute Gasteiger partial charge is 0.340 e. The second-order valence-electron chi connectivity index (χ2n) is 14.7. The number of imidazole rings is 2. The Kier molecular flexibility index (Phi) is 11.1. The molecule has 2 N–H and O–H groups in total. The molecule has 0 aliphatic carbocycles. The minimum absolute atomic E-state index is 0.0846. The Morgan fingerprint density at radius 1 is 0.571 bits per heavy atom. The van der Waals surface area contributed by atoms with Crippen molar-refractivity contribution in [3.8, 4) is 33.6 Å². The molecule has 4 atom stereocenters. The van der Waals surface area contributed by atoms with Gasteiger partial charge in [0.2, 0.25) is 11.8 Å². The first kappa shape index (κ1) is 37.8. The molecule has 0 bridgehead atoms. The second kappa shape index (κ2) is 16.5. The molecule has 0 radical (unpaired) electrons. The third-order valence-electron chi connectivity index (χ3n) is 10.6.